The van der Waals surface area contributed by atoms with E-state index < -0.39 is 0 Å². The minimum atomic E-state index is -0.159. The summed E-state index contributed by atoms with van der Waals surface area (Å²) in [6.45, 7) is 4.57. The summed E-state index contributed by atoms with van der Waals surface area (Å²) < 4.78 is 20.7. The monoisotopic (exact) mass is 366 g/mol. The van der Waals surface area contributed by atoms with E-state index in [4.69, 9.17) is 19.9 Å². The fraction of sp³-hybridized carbons (Fsp3) is 0.588. The zero-order valence-electron chi connectivity index (χ0n) is 14.8. The fourth-order valence-corrected chi connectivity index (χ4v) is 2.13. The Balaban J connectivity index is 1.43. The van der Waals surface area contributed by atoms with E-state index >= 15 is 0 Å². The summed E-state index contributed by atoms with van der Waals surface area (Å²) in [5.74, 6) is -0.159. The maximum Gasteiger partial charge on any atom is 0.251 e. The normalized spacial score (nSPS) is 11.1. The van der Waals surface area contributed by atoms with Gasteiger partial charge in [0.05, 0.1) is 26.4 Å². The van der Waals surface area contributed by atoms with E-state index in [1.54, 1.807) is 18.2 Å². The van der Waals surface area contributed by atoms with Crippen LogP contribution in [0.2, 0.25) is 0 Å². The van der Waals surface area contributed by atoms with Crippen molar-refractivity contribution in [2.75, 3.05) is 52.7 Å². The van der Waals surface area contributed by atoms with Gasteiger partial charge in [-0.15, -0.1) is 0 Å². The second kappa shape index (κ2) is 12.3. The van der Waals surface area contributed by atoms with Gasteiger partial charge >= 0.3 is 0 Å². The maximum atomic E-state index is 12.0. The Labute approximate surface area is 152 Å². The van der Waals surface area contributed by atoms with Crippen LogP contribution in [0, 0.1) is 0 Å². The van der Waals surface area contributed by atoms with E-state index in [0.29, 0.717) is 69.3 Å². The molecule has 0 radical (unpaired) electrons. The fourth-order valence-electron chi connectivity index (χ4n) is 2.13. The summed E-state index contributed by atoms with van der Waals surface area (Å²) >= 11 is 0. The standard InChI is InChI=1S/C17H26N4O5/c18-5-1-7-23-9-11-25-12-10-24-8-2-6-19-17(22)14-3-4-15-16(13-14)21-26-20-15/h3-4,13H,1-2,5-12,18H2,(H,19,22). The van der Waals surface area contributed by atoms with Crippen LogP contribution in [0.25, 0.3) is 11.0 Å². The van der Waals surface area contributed by atoms with E-state index in [0.717, 1.165) is 12.8 Å². The highest BCUT2D eigenvalue weighted by atomic mass is 16.6. The Kier molecular flexibility index (Phi) is 9.59. The van der Waals surface area contributed by atoms with Crippen LogP contribution in [-0.4, -0.2) is 69.0 Å². The van der Waals surface area contributed by atoms with Crippen LogP contribution in [0.4, 0.5) is 0 Å². The average molecular weight is 366 g/mol. The third-order valence-corrected chi connectivity index (χ3v) is 3.50. The number of rotatable bonds is 14. The molecule has 0 atom stereocenters. The lowest BCUT2D eigenvalue weighted by atomic mass is 10.2. The van der Waals surface area contributed by atoms with Crippen molar-refractivity contribution in [3.05, 3.63) is 23.8 Å². The van der Waals surface area contributed by atoms with Gasteiger partial charge in [-0.25, -0.2) is 4.63 Å². The van der Waals surface area contributed by atoms with Crippen molar-refractivity contribution in [2.24, 2.45) is 5.73 Å². The van der Waals surface area contributed by atoms with E-state index in [-0.39, 0.29) is 5.91 Å². The third kappa shape index (κ3) is 7.44. The van der Waals surface area contributed by atoms with Crippen LogP contribution >= 0.6 is 0 Å². The maximum absolute atomic E-state index is 12.0. The molecule has 0 bridgehead atoms. The molecular formula is C17H26N4O5. The molecule has 9 nitrogen and oxygen atoms in total. The zero-order chi connectivity index (χ0) is 18.5. The highest BCUT2D eigenvalue weighted by molar-refractivity contribution is 5.97. The molecule has 144 valence electrons. The molecule has 2 rings (SSSR count). The molecule has 1 aromatic carbocycles. The second-order valence-corrected chi connectivity index (χ2v) is 5.56. The number of benzene rings is 1. The van der Waals surface area contributed by atoms with Crippen molar-refractivity contribution in [1.29, 1.82) is 0 Å². The van der Waals surface area contributed by atoms with Crippen molar-refractivity contribution in [3.8, 4) is 0 Å². The number of hydrogen-bond donors (Lipinski definition) is 2. The third-order valence-electron chi connectivity index (χ3n) is 3.50. The van der Waals surface area contributed by atoms with Crippen molar-refractivity contribution >= 4 is 16.9 Å². The number of fused-ring (bicyclic) bond motifs is 1. The Hall–Kier alpha value is -2.07. The number of nitrogens with one attached hydrogen (secondary N) is 1. The van der Waals surface area contributed by atoms with Crippen molar-refractivity contribution < 1.29 is 23.6 Å². The van der Waals surface area contributed by atoms with Gasteiger partial charge in [0.25, 0.3) is 5.91 Å². The van der Waals surface area contributed by atoms with Crippen LogP contribution in [0.15, 0.2) is 22.8 Å². The molecule has 0 saturated carbocycles. The summed E-state index contributed by atoms with van der Waals surface area (Å²) in [4.78, 5) is 12.0. The Morgan fingerprint density at radius 2 is 1.62 bits per heavy atom. The highest BCUT2D eigenvalue weighted by Gasteiger charge is 2.08. The molecule has 9 heteroatoms. The molecule has 0 aliphatic rings. The number of carbonyl (C=O) groups excluding carboxylic acids is 1. The van der Waals surface area contributed by atoms with Gasteiger partial charge in [0.1, 0.15) is 11.0 Å². The number of nitrogens with zero attached hydrogens (tertiary/aromatic N) is 2. The molecule has 0 aliphatic carbocycles. The summed E-state index contributed by atoms with van der Waals surface area (Å²) in [7, 11) is 0. The van der Waals surface area contributed by atoms with Crippen molar-refractivity contribution in [1.82, 2.24) is 15.6 Å². The van der Waals surface area contributed by atoms with Gasteiger partial charge in [-0.3, -0.25) is 4.79 Å². The Morgan fingerprint density at radius 3 is 2.35 bits per heavy atom. The Morgan fingerprint density at radius 1 is 0.962 bits per heavy atom. The molecular weight excluding hydrogens is 340 g/mol. The van der Waals surface area contributed by atoms with Crippen molar-refractivity contribution in [3.63, 3.8) is 0 Å². The van der Waals surface area contributed by atoms with Gasteiger partial charge in [-0.2, -0.15) is 0 Å². The number of ether oxygens (including phenoxy) is 3. The van der Waals surface area contributed by atoms with Gasteiger partial charge in [-0.1, -0.05) is 0 Å². The van der Waals surface area contributed by atoms with Crippen LogP contribution in [-0.2, 0) is 14.2 Å². The van der Waals surface area contributed by atoms with Gasteiger partial charge in [0, 0.05) is 25.3 Å². The number of amides is 1. The zero-order valence-corrected chi connectivity index (χ0v) is 14.8. The second-order valence-electron chi connectivity index (χ2n) is 5.56. The lowest BCUT2D eigenvalue weighted by molar-refractivity contribution is 0.0141. The number of nitrogens with two attached hydrogens (primary N) is 1. The summed E-state index contributed by atoms with van der Waals surface area (Å²) in [5, 5.41) is 10.3. The summed E-state index contributed by atoms with van der Waals surface area (Å²) in [5.41, 5.74) is 7.07. The lowest BCUT2D eigenvalue weighted by Crippen LogP contribution is -2.25. The molecule has 0 saturated heterocycles. The first kappa shape index (κ1) is 20.2. The van der Waals surface area contributed by atoms with E-state index in [2.05, 4.69) is 20.3 Å². The first-order valence-corrected chi connectivity index (χ1v) is 8.75. The largest absolute Gasteiger partial charge is 0.379 e. The van der Waals surface area contributed by atoms with Gasteiger partial charge in [0.15, 0.2) is 0 Å². The average Bonchev–Trinajstić information content (AvgIpc) is 3.13. The molecule has 2 aromatic rings. The number of aromatic nitrogens is 2. The molecule has 1 amide bonds. The molecule has 3 N–H and O–H groups in total. The lowest BCUT2D eigenvalue weighted by Gasteiger charge is -2.07. The van der Waals surface area contributed by atoms with E-state index in [1.807, 2.05) is 0 Å². The minimum absolute atomic E-state index is 0.159. The predicted octanol–water partition coefficient (Wildman–Crippen LogP) is 0.741. The molecule has 1 heterocycles. The molecule has 26 heavy (non-hydrogen) atoms. The molecule has 0 unspecified atom stereocenters. The van der Waals surface area contributed by atoms with Gasteiger partial charge in [0.2, 0.25) is 0 Å². The smallest absolute Gasteiger partial charge is 0.251 e. The predicted molar refractivity (Wildman–Crippen MR) is 94.9 cm³/mol. The topological polar surface area (TPSA) is 122 Å². The number of carbonyl (C=O) groups is 1. The molecule has 0 spiro atoms. The van der Waals surface area contributed by atoms with Crippen LogP contribution in [0.1, 0.15) is 23.2 Å². The Bertz CT molecular complexity index is 649. The SMILES string of the molecule is NCCCOCCOCCOCCCNC(=O)c1ccc2nonc2c1. The van der Waals surface area contributed by atoms with E-state index in [1.165, 1.54) is 0 Å². The van der Waals surface area contributed by atoms with Crippen LogP contribution < -0.4 is 11.1 Å². The summed E-state index contributed by atoms with van der Waals surface area (Å²) in [6.07, 6.45) is 1.59. The molecule has 1 aromatic heterocycles. The first-order valence-electron chi connectivity index (χ1n) is 8.75. The van der Waals surface area contributed by atoms with E-state index in [9.17, 15) is 4.79 Å². The van der Waals surface area contributed by atoms with Gasteiger partial charge in [-0.05, 0) is 47.9 Å². The molecule has 0 aliphatic heterocycles. The van der Waals surface area contributed by atoms with Gasteiger partial charge < -0.3 is 25.3 Å². The first-order chi connectivity index (χ1) is 12.8. The van der Waals surface area contributed by atoms with Crippen LogP contribution in [0.3, 0.4) is 0 Å². The molecule has 0 fully saturated rings. The van der Waals surface area contributed by atoms with Crippen LogP contribution in [0.5, 0.6) is 0 Å². The highest BCUT2D eigenvalue weighted by Crippen LogP contribution is 2.11. The minimum Gasteiger partial charge on any atom is -0.379 e. The quantitative estimate of drug-likeness (QED) is 0.470. The summed E-state index contributed by atoms with van der Waals surface area (Å²) in [6, 6.07) is 5.04. The van der Waals surface area contributed by atoms with Crippen molar-refractivity contribution in [2.45, 2.75) is 12.8 Å². The number of hydrogen-bond acceptors (Lipinski definition) is 8.